The molecule has 14 heavy (non-hydrogen) atoms. The molecule has 0 aliphatic heterocycles. The Balaban J connectivity index is 0. The van der Waals surface area contributed by atoms with Gasteiger partial charge in [-0.2, -0.15) is 0 Å². The van der Waals surface area contributed by atoms with Crippen molar-refractivity contribution >= 4 is 18.6 Å². The second-order valence-electron chi connectivity index (χ2n) is 2.50. The average Bonchev–Trinajstić information content (AvgIpc) is 2.13. The Morgan fingerprint density at radius 3 is 2.29 bits per heavy atom. The number of ether oxygens (including phenoxy) is 3. The van der Waals surface area contributed by atoms with E-state index in [1.54, 1.807) is 0 Å². The van der Waals surface area contributed by atoms with E-state index in [1.165, 1.54) is 0 Å². The molecule has 0 aliphatic carbocycles. The summed E-state index contributed by atoms with van der Waals surface area (Å²) in [5.74, 6) is 0. The van der Waals surface area contributed by atoms with Crippen LogP contribution in [0.3, 0.4) is 0 Å². The lowest BCUT2D eigenvalue weighted by Crippen LogP contribution is -2.12. The van der Waals surface area contributed by atoms with E-state index in [2.05, 4.69) is 0 Å². The van der Waals surface area contributed by atoms with Crippen molar-refractivity contribution in [1.82, 2.24) is 0 Å². The van der Waals surface area contributed by atoms with E-state index in [0.717, 1.165) is 12.8 Å². The van der Waals surface area contributed by atoms with Crippen LogP contribution in [-0.4, -0.2) is 32.6 Å². The Bertz CT molecular complexity index is 130. The van der Waals surface area contributed by atoms with Crippen LogP contribution in [-0.2, 0) is 14.2 Å². The third-order valence-corrected chi connectivity index (χ3v) is 1.37. The van der Waals surface area contributed by atoms with E-state index >= 15 is 0 Å². The van der Waals surface area contributed by atoms with Crippen LogP contribution in [0.4, 0.5) is 4.79 Å². The quantitative estimate of drug-likeness (QED) is 0.494. The molecular weight excluding hydrogens is 208 g/mol. The van der Waals surface area contributed by atoms with Crippen LogP contribution >= 0.6 is 12.4 Å². The zero-order valence-electron chi connectivity index (χ0n) is 8.78. The molecule has 0 aliphatic rings. The van der Waals surface area contributed by atoms with Gasteiger partial charge in [0.05, 0.1) is 13.2 Å². The minimum atomic E-state index is -0.604. The number of unbranched alkanes of at least 4 members (excludes halogenated alkanes) is 1. The van der Waals surface area contributed by atoms with Crippen LogP contribution in [0, 0.1) is 0 Å². The van der Waals surface area contributed by atoms with Crippen LogP contribution in [0.1, 0.15) is 26.7 Å². The molecule has 0 fully saturated rings. The summed E-state index contributed by atoms with van der Waals surface area (Å²) in [7, 11) is 0. The molecule has 0 atom stereocenters. The highest BCUT2D eigenvalue weighted by atomic mass is 35.5. The Kier molecular flexibility index (Phi) is 14.3. The van der Waals surface area contributed by atoms with Gasteiger partial charge >= 0.3 is 6.16 Å². The van der Waals surface area contributed by atoms with Gasteiger partial charge in [-0.15, -0.1) is 12.4 Å². The first kappa shape index (κ1) is 16.0. The lowest BCUT2D eigenvalue weighted by Gasteiger charge is -2.05. The Hall–Kier alpha value is -0.480. The number of carbonyl (C=O) groups is 1. The molecule has 0 bridgehead atoms. The molecule has 0 aromatic carbocycles. The summed E-state index contributed by atoms with van der Waals surface area (Å²) in [6.07, 6.45) is 1.28. The summed E-state index contributed by atoms with van der Waals surface area (Å²) in [6.45, 7) is 5.68. The maximum Gasteiger partial charge on any atom is 0.508 e. The number of rotatable bonds is 7. The molecule has 0 unspecified atom stereocenters. The van der Waals surface area contributed by atoms with Crippen molar-refractivity contribution < 1.29 is 19.0 Å². The van der Waals surface area contributed by atoms with Crippen molar-refractivity contribution in [3.05, 3.63) is 0 Å². The number of halogens is 1. The monoisotopic (exact) mass is 226 g/mol. The van der Waals surface area contributed by atoms with Crippen molar-refractivity contribution in [2.24, 2.45) is 0 Å². The minimum absolute atomic E-state index is 0. The minimum Gasteiger partial charge on any atom is -0.434 e. The smallest absolute Gasteiger partial charge is 0.434 e. The first-order valence-corrected chi connectivity index (χ1v) is 4.68. The van der Waals surface area contributed by atoms with Gasteiger partial charge in [-0.3, -0.25) is 0 Å². The molecule has 0 radical (unpaired) electrons. The highest BCUT2D eigenvalue weighted by Gasteiger charge is 2.01. The first-order valence-electron chi connectivity index (χ1n) is 4.68. The molecule has 0 aromatic rings. The van der Waals surface area contributed by atoms with Crippen LogP contribution in [0.2, 0.25) is 0 Å². The third-order valence-electron chi connectivity index (χ3n) is 1.37. The molecule has 0 heterocycles. The van der Waals surface area contributed by atoms with Gasteiger partial charge in [-0.1, -0.05) is 13.3 Å². The van der Waals surface area contributed by atoms with Crippen molar-refractivity contribution in [1.29, 1.82) is 0 Å². The topological polar surface area (TPSA) is 44.8 Å². The molecule has 86 valence electrons. The van der Waals surface area contributed by atoms with Crippen molar-refractivity contribution in [3.63, 3.8) is 0 Å². The standard InChI is InChI=1S/C9H18O4.ClH/c1-3-5-6-12-9(10)13-8-7-11-4-2;/h3-8H2,1-2H3;1H. The third kappa shape index (κ3) is 11.5. The van der Waals surface area contributed by atoms with Crippen molar-refractivity contribution in [3.8, 4) is 0 Å². The average molecular weight is 227 g/mol. The predicted octanol–water partition coefficient (Wildman–Crippen LogP) is 2.40. The van der Waals surface area contributed by atoms with Gasteiger partial charge in [0.1, 0.15) is 6.61 Å². The number of hydrogen-bond acceptors (Lipinski definition) is 4. The van der Waals surface area contributed by atoms with E-state index in [1.807, 2.05) is 13.8 Å². The van der Waals surface area contributed by atoms with E-state index < -0.39 is 6.16 Å². The second kappa shape index (κ2) is 12.5. The van der Waals surface area contributed by atoms with Gasteiger partial charge in [0.2, 0.25) is 0 Å². The summed E-state index contributed by atoms with van der Waals surface area (Å²) in [5, 5.41) is 0. The number of hydrogen-bond donors (Lipinski definition) is 0. The lowest BCUT2D eigenvalue weighted by molar-refractivity contribution is 0.0289. The molecule has 0 spiro atoms. The van der Waals surface area contributed by atoms with Gasteiger partial charge in [-0.25, -0.2) is 4.79 Å². The van der Waals surface area contributed by atoms with E-state index in [9.17, 15) is 4.79 Å². The normalized spacial score (nSPS) is 9.00. The van der Waals surface area contributed by atoms with Crippen LogP contribution in [0.25, 0.3) is 0 Å². The zero-order valence-corrected chi connectivity index (χ0v) is 9.60. The molecule has 0 aromatic heterocycles. The number of carbonyl (C=O) groups excluding carboxylic acids is 1. The fourth-order valence-corrected chi connectivity index (χ4v) is 0.670. The largest absolute Gasteiger partial charge is 0.508 e. The highest BCUT2D eigenvalue weighted by molar-refractivity contribution is 5.85. The van der Waals surface area contributed by atoms with Gasteiger partial charge < -0.3 is 14.2 Å². The van der Waals surface area contributed by atoms with Crippen LogP contribution in [0.15, 0.2) is 0 Å². The molecule has 5 heteroatoms. The molecule has 0 rings (SSSR count). The fraction of sp³-hybridized carbons (Fsp3) is 0.889. The summed E-state index contributed by atoms with van der Waals surface area (Å²) in [5.41, 5.74) is 0. The SMILES string of the molecule is CCCCOC(=O)OCCOCC.Cl. The summed E-state index contributed by atoms with van der Waals surface area (Å²) in [4.78, 5) is 10.8. The van der Waals surface area contributed by atoms with E-state index in [4.69, 9.17) is 14.2 Å². The van der Waals surface area contributed by atoms with E-state index in [-0.39, 0.29) is 19.0 Å². The van der Waals surface area contributed by atoms with Crippen molar-refractivity contribution in [2.45, 2.75) is 26.7 Å². The molecule has 0 saturated carbocycles. The van der Waals surface area contributed by atoms with Gasteiger partial charge in [0.25, 0.3) is 0 Å². The Morgan fingerprint density at radius 1 is 1.07 bits per heavy atom. The van der Waals surface area contributed by atoms with Gasteiger partial charge in [-0.05, 0) is 13.3 Å². The summed E-state index contributed by atoms with van der Waals surface area (Å²) < 4.78 is 14.4. The maximum absolute atomic E-state index is 10.8. The first-order chi connectivity index (χ1) is 6.31. The second-order valence-corrected chi connectivity index (χ2v) is 2.50. The Morgan fingerprint density at radius 2 is 1.71 bits per heavy atom. The van der Waals surface area contributed by atoms with Crippen LogP contribution < -0.4 is 0 Å². The molecule has 4 nitrogen and oxygen atoms in total. The highest BCUT2D eigenvalue weighted by Crippen LogP contribution is 1.91. The lowest BCUT2D eigenvalue weighted by atomic mass is 10.4. The maximum atomic E-state index is 10.8. The van der Waals surface area contributed by atoms with Gasteiger partial charge in [0, 0.05) is 6.61 Å². The predicted molar refractivity (Wildman–Crippen MR) is 55.9 cm³/mol. The fourth-order valence-electron chi connectivity index (χ4n) is 0.670. The van der Waals surface area contributed by atoms with Gasteiger partial charge in [0.15, 0.2) is 0 Å². The van der Waals surface area contributed by atoms with Crippen LogP contribution in [0.5, 0.6) is 0 Å². The molecule has 0 N–H and O–H groups in total. The van der Waals surface area contributed by atoms with E-state index in [0.29, 0.717) is 19.8 Å². The summed E-state index contributed by atoms with van der Waals surface area (Å²) in [6, 6.07) is 0. The zero-order chi connectivity index (χ0) is 9.94. The molecule has 0 saturated heterocycles. The van der Waals surface area contributed by atoms with Crippen molar-refractivity contribution in [2.75, 3.05) is 26.4 Å². The Labute approximate surface area is 91.3 Å². The summed E-state index contributed by atoms with van der Waals surface area (Å²) >= 11 is 0. The molecule has 0 amide bonds. The molecular formula is C9H19ClO4.